The van der Waals surface area contributed by atoms with Gasteiger partial charge in [-0.3, -0.25) is 0 Å². The highest BCUT2D eigenvalue weighted by Gasteiger charge is 2.34. The third-order valence-corrected chi connectivity index (χ3v) is 3.75. The minimum atomic E-state index is -0.540. The van der Waals surface area contributed by atoms with Gasteiger partial charge in [0, 0.05) is 18.3 Å². The van der Waals surface area contributed by atoms with Crippen LogP contribution in [0.3, 0.4) is 0 Å². The Balaban J connectivity index is 2.24. The molecule has 1 N–H and O–H groups in total. The van der Waals surface area contributed by atoms with E-state index in [4.69, 9.17) is 9.47 Å². The van der Waals surface area contributed by atoms with E-state index in [-0.39, 0.29) is 18.1 Å². The van der Waals surface area contributed by atoms with E-state index in [0.29, 0.717) is 18.8 Å². The van der Waals surface area contributed by atoms with E-state index >= 15 is 0 Å². The summed E-state index contributed by atoms with van der Waals surface area (Å²) in [5.74, 6) is -0.387. The molecule has 2 rings (SSSR count). The van der Waals surface area contributed by atoms with Crippen LogP contribution in [0.4, 0.5) is 4.79 Å². The number of rotatable bonds is 3. The molecule has 1 aromatic heterocycles. The number of aromatic nitrogens is 1. The first-order chi connectivity index (χ1) is 10.8. The molecule has 6 nitrogen and oxygen atoms in total. The molecule has 1 amide bonds. The molecule has 1 saturated heterocycles. The Labute approximate surface area is 137 Å². The Morgan fingerprint density at radius 2 is 2.09 bits per heavy atom. The number of piperidine rings is 1. The largest absolute Gasteiger partial charge is 0.461 e. The lowest BCUT2D eigenvalue weighted by atomic mass is 9.95. The van der Waals surface area contributed by atoms with Crippen molar-refractivity contribution in [3.8, 4) is 0 Å². The average molecular weight is 322 g/mol. The second kappa shape index (κ2) is 7.06. The lowest BCUT2D eigenvalue weighted by Crippen LogP contribution is -2.42. The highest BCUT2D eigenvalue weighted by atomic mass is 16.6. The van der Waals surface area contributed by atoms with E-state index in [9.17, 15) is 9.59 Å². The molecule has 23 heavy (non-hydrogen) atoms. The molecule has 2 heterocycles. The molecule has 0 radical (unpaired) electrons. The van der Waals surface area contributed by atoms with Crippen molar-refractivity contribution in [1.29, 1.82) is 0 Å². The van der Waals surface area contributed by atoms with E-state index in [0.717, 1.165) is 24.8 Å². The van der Waals surface area contributed by atoms with Crippen molar-refractivity contribution in [2.75, 3.05) is 13.2 Å². The van der Waals surface area contributed by atoms with Crippen LogP contribution in [0.15, 0.2) is 12.3 Å². The molecular weight excluding hydrogens is 296 g/mol. The molecule has 1 aromatic rings. The first-order valence-electron chi connectivity index (χ1n) is 8.17. The molecule has 0 saturated carbocycles. The number of likely N-dealkylation sites (tertiary alicyclic amines) is 1. The summed E-state index contributed by atoms with van der Waals surface area (Å²) in [7, 11) is 0. The quantitative estimate of drug-likeness (QED) is 0.862. The van der Waals surface area contributed by atoms with E-state index in [2.05, 4.69) is 4.98 Å². The minimum Gasteiger partial charge on any atom is -0.461 e. The van der Waals surface area contributed by atoms with Crippen molar-refractivity contribution in [1.82, 2.24) is 9.88 Å². The van der Waals surface area contributed by atoms with Gasteiger partial charge < -0.3 is 19.4 Å². The SMILES string of the molecule is CCOC(=O)c1[nH]ccc1C1CCCCN1C(=O)OC(C)(C)C. The van der Waals surface area contributed by atoms with Gasteiger partial charge >= 0.3 is 12.1 Å². The fourth-order valence-corrected chi connectivity index (χ4v) is 2.83. The van der Waals surface area contributed by atoms with Crippen LogP contribution < -0.4 is 0 Å². The van der Waals surface area contributed by atoms with Gasteiger partial charge in [0.25, 0.3) is 0 Å². The Morgan fingerprint density at radius 1 is 1.35 bits per heavy atom. The number of nitrogens with zero attached hydrogens (tertiary/aromatic N) is 1. The van der Waals surface area contributed by atoms with Gasteiger partial charge in [-0.25, -0.2) is 9.59 Å². The lowest BCUT2D eigenvalue weighted by Gasteiger charge is -2.36. The minimum absolute atomic E-state index is 0.163. The number of ether oxygens (including phenoxy) is 2. The standard InChI is InChI=1S/C17H26N2O4/c1-5-22-15(20)14-12(9-10-18-14)13-8-6-7-11-19(13)16(21)23-17(2,3)4/h9-10,13,18H,5-8,11H2,1-4H3. The summed E-state index contributed by atoms with van der Waals surface area (Å²) >= 11 is 0. The summed E-state index contributed by atoms with van der Waals surface area (Å²) in [4.78, 5) is 29.3. The number of carbonyl (C=O) groups excluding carboxylic acids is 2. The van der Waals surface area contributed by atoms with E-state index in [1.54, 1.807) is 18.0 Å². The maximum atomic E-state index is 12.5. The molecule has 128 valence electrons. The lowest BCUT2D eigenvalue weighted by molar-refractivity contribution is 0.00910. The Bertz CT molecular complexity index is 559. The van der Waals surface area contributed by atoms with Crippen LogP contribution in [0, 0.1) is 0 Å². The van der Waals surface area contributed by atoms with E-state index < -0.39 is 5.60 Å². The number of hydrogen-bond acceptors (Lipinski definition) is 4. The summed E-state index contributed by atoms with van der Waals surface area (Å²) in [6, 6.07) is 1.68. The number of aromatic amines is 1. The van der Waals surface area contributed by atoms with Crippen molar-refractivity contribution in [2.45, 2.75) is 58.6 Å². The Morgan fingerprint density at radius 3 is 2.74 bits per heavy atom. The number of hydrogen-bond donors (Lipinski definition) is 1. The van der Waals surface area contributed by atoms with Crippen LogP contribution in [-0.2, 0) is 9.47 Å². The topological polar surface area (TPSA) is 71.6 Å². The van der Waals surface area contributed by atoms with Gasteiger partial charge in [0.15, 0.2) is 0 Å². The summed E-state index contributed by atoms with van der Waals surface area (Å²) in [5, 5.41) is 0. The fourth-order valence-electron chi connectivity index (χ4n) is 2.83. The van der Waals surface area contributed by atoms with Crippen LogP contribution in [0.2, 0.25) is 0 Å². The van der Waals surface area contributed by atoms with Gasteiger partial charge in [-0.1, -0.05) is 0 Å². The summed E-state index contributed by atoms with van der Waals surface area (Å²) < 4.78 is 10.6. The number of H-pyrrole nitrogens is 1. The maximum Gasteiger partial charge on any atom is 0.410 e. The monoisotopic (exact) mass is 322 g/mol. The third-order valence-electron chi connectivity index (χ3n) is 3.75. The molecule has 1 aliphatic rings. The summed E-state index contributed by atoms with van der Waals surface area (Å²) in [6.07, 6.45) is 4.14. The molecule has 1 aliphatic heterocycles. The predicted octanol–water partition coefficient (Wildman–Crippen LogP) is 3.65. The van der Waals surface area contributed by atoms with Gasteiger partial charge in [-0.15, -0.1) is 0 Å². The van der Waals surface area contributed by atoms with Gasteiger partial charge in [0.1, 0.15) is 11.3 Å². The summed E-state index contributed by atoms with van der Waals surface area (Å²) in [6.45, 7) is 8.28. The molecule has 6 heteroatoms. The molecule has 1 unspecified atom stereocenters. The highest BCUT2D eigenvalue weighted by Crippen LogP contribution is 2.34. The van der Waals surface area contributed by atoms with Gasteiger partial charge in [0.05, 0.1) is 12.6 Å². The Hall–Kier alpha value is -1.98. The first-order valence-corrected chi connectivity index (χ1v) is 8.17. The summed E-state index contributed by atoms with van der Waals surface area (Å²) in [5.41, 5.74) is 0.683. The predicted molar refractivity (Wildman–Crippen MR) is 86.3 cm³/mol. The molecule has 1 atom stereocenters. The average Bonchev–Trinajstić information content (AvgIpc) is 2.95. The number of carbonyl (C=O) groups is 2. The first kappa shape index (κ1) is 17.4. The smallest absolute Gasteiger partial charge is 0.410 e. The molecule has 0 spiro atoms. The molecule has 0 aliphatic carbocycles. The normalized spacial score (nSPS) is 18.6. The highest BCUT2D eigenvalue weighted by molar-refractivity contribution is 5.89. The second-order valence-electron chi connectivity index (χ2n) is 6.71. The molecular formula is C17H26N2O4. The zero-order valence-corrected chi connectivity index (χ0v) is 14.3. The van der Waals surface area contributed by atoms with Crippen molar-refractivity contribution >= 4 is 12.1 Å². The zero-order chi connectivity index (χ0) is 17.0. The van der Waals surface area contributed by atoms with Crippen molar-refractivity contribution in [3.63, 3.8) is 0 Å². The van der Waals surface area contributed by atoms with Crippen molar-refractivity contribution < 1.29 is 19.1 Å². The zero-order valence-electron chi connectivity index (χ0n) is 14.3. The van der Waals surface area contributed by atoms with Crippen LogP contribution >= 0.6 is 0 Å². The number of esters is 1. The van der Waals surface area contributed by atoms with Crippen molar-refractivity contribution in [3.05, 3.63) is 23.5 Å². The van der Waals surface area contributed by atoms with Crippen LogP contribution in [-0.4, -0.2) is 40.7 Å². The van der Waals surface area contributed by atoms with E-state index in [1.807, 2.05) is 26.8 Å². The van der Waals surface area contributed by atoms with Crippen molar-refractivity contribution in [2.24, 2.45) is 0 Å². The van der Waals surface area contributed by atoms with Crippen LogP contribution in [0.1, 0.15) is 69.1 Å². The van der Waals surface area contributed by atoms with E-state index in [1.165, 1.54) is 0 Å². The van der Waals surface area contributed by atoms with Gasteiger partial charge in [-0.2, -0.15) is 0 Å². The molecule has 1 fully saturated rings. The number of amides is 1. The van der Waals surface area contributed by atoms with Crippen LogP contribution in [0.25, 0.3) is 0 Å². The number of nitrogens with one attached hydrogen (secondary N) is 1. The third kappa shape index (κ3) is 4.27. The second-order valence-corrected chi connectivity index (χ2v) is 6.71. The Kier molecular flexibility index (Phi) is 5.34. The fraction of sp³-hybridized carbons (Fsp3) is 0.647. The molecule has 0 bridgehead atoms. The maximum absolute atomic E-state index is 12.5. The van der Waals surface area contributed by atoms with Gasteiger partial charge in [-0.05, 0) is 53.0 Å². The molecule has 0 aromatic carbocycles. The van der Waals surface area contributed by atoms with Crippen LogP contribution in [0.5, 0.6) is 0 Å². The van der Waals surface area contributed by atoms with Gasteiger partial charge in [0.2, 0.25) is 0 Å².